The van der Waals surface area contributed by atoms with Gasteiger partial charge < -0.3 is 10.0 Å². The molecule has 3 heterocycles. The van der Waals surface area contributed by atoms with Crippen molar-refractivity contribution in [3.63, 3.8) is 0 Å². The van der Waals surface area contributed by atoms with E-state index in [0.29, 0.717) is 13.1 Å². The average Bonchev–Trinajstić information content (AvgIpc) is 2.67. The van der Waals surface area contributed by atoms with Gasteiger partial charge in [0.25, 0.3) is 0 Å². The molecule has 1 aliphatic heterocycles. The molecule has 1 saturated heterocycles. The molecule has 2 aromatic rings. The van der Waals surface area contributed by atoms with Crippen LogP contribution in [0.25, 0.3) is 10.2 Å². The predicted molar refractivity (Wildman–Crippen MR) is 71.9 cm³/mol. The molecule has 1 aliphatic rings. The van der Waals surface area contributed by atoms with E-state index in [1.54, 1.807) is 6.33 Å². The maximum Gasteiger partial charge on any atom is 0.149 e. The van der Waals surface area contributed by atoms with Gasteiger partial charge in [0, 0.05) is 0 Å². The van der Waals surface area contributed by atoms with Crippen molar-refractivity contribution >= 4 is 27.6 Å². The fourth-order valence-electron chi connectivity index (χ4n) is 2.27. The number of β-amino-alcohol motifs (C(OH)–C–C–N with tert-alkyl or cyclic N) is 1. The summed E-state index contributed by atoms with van der Waals surface area (Å²) in [6.45, 7) is 7.33. The first-order valence-electron chi connectivity index (χ1n) is 6.05. The fraction of sp³-hybridized carbons (Fsp3) is 0.583. The molecule has 0 spiro atoms. The second-order valence-electron chi connectivity index (χ2n) is 5.26. The van der Waals surface area contributed by atoms with Crippen molar-refractivity contribution in [1.82, 2.24) is 14.3 Å². The van der Waals surface area contributed by atoms with Crippen molar-refractivity contribution in [2.24, 2.45) is 5.92 Å². The second-order valence-corrected chi connectivity index (χ2v) is 6.01. The lowest BCUT2D eigenvalue weighted by molar-refractivity contribution is -0.0303. The zero-order valence-electron chi connectivity index (χ0n) is 10.7. The molecule has 6 heteroatoms. The molecule has 96 valence electrons. The van der Waals surface area contributed by atoms with Gasteiger partial charge >= 0.3 is 0 Å². The van der Waals surface area contributed by atoms with E-state index in [0.717, 1.165) is 21.7 Å². The highest BCUT2D eigenvalue weighted by molar-refractivity contribution is 7.13. The van der Waals surface area contributed by atoms with Crippen molar-refractivity contribution in [2.45, 2.75) is 26.4 Å². The Morgan fingerprint density at radius 1 is 1.39 bits per heavy atom. The van der Waals surface area contributed by atoms with E-state index in [-0.39, 0.29) is 5.92 Å². The van der Waals surface area contributed by atoms with Gasteiger partial charge in [0.05, 0.1) is 24.2 Å². The lowest BCUT2D eigenvalue weighted by atomic mass is 9.83. The van der Waals surface area contributed by atoms with Crippen LogP contribution in [0.15, 0.2) is 6.33 Å². The van der Waals surface area contributed by atoms with Crippen LogP contribution in [0.4, 0.5) is 5.82 Å². The van der Waals surface area contributed by atoms with E-state index in [4.69, 9.17) is 0 Å². The molecule has 0 saturated carbocycles. The summed E-state index contributed by atoms with van der Waals surface area (Å²) >= 11 is 1.40. The molecule has 0 bridgehead atoms. The van der Waals surface area contributed by atoms with Gasteiger partial charge in [0.2, 0.25) is 0 Å². The van der Waals surface area contributed by atoms with Crippen molar-refractivity contribution in [1.29, 1.82) is 0 Å². The highest BCUT2D eigenvalue weighted by Gasteiger charge is 2.44. The number of aromatic nitrogens is 3. The summed E-state index contributed by atoms with van der Waals surface area (Å²) in [5.74, 6) is 1.16. The van der Waals surface area contributed by atoms with Gasteiger partial charge in [-0.05, 0) is 24.4 Å². The minimum absolute atomic E-state index is 0.257. The zero-order chi connectivity index (χ0) is 12.9. The molecule has 18 heavy (non-hydrogen) atoms. The standard InChI is InChI=1S/C12H16N4OS/c1-7(2)12(17)4-16(5-12)10-9-8(3)15-18-11(9)14-6-13-10/h6-7,17H,4-5H2,1-3H3. The van der Waals surface area contributed by atoms with E-state index in [1.165, 1.54) is 11.5 Å². The van der Waals surface area contributed by atoms with Crippen LogP contribution >= 0.6 is 11.5 Å². The minimum Gasteiger partial charge on any atom is -0.386 e. The second kappa shape index (κ2) is 3.86. The van der Waals surface area contributed by atoms with Crippen molar-refractivity contribution in [3.05, 3.63) is 12.0 Å². The third-order valence-corrected chi connectivity index (χ3v) is 4.57. The lowest BCUT2D eigenvalue weighted by Gasteiger charge is -2.49. The lowest BCUT2D eigenvalue weighted by Crippen LogP contribution is -2.65. The molecule has 0 unspecified atom stereocenters. The SMILES string of the molecule is Cc1nsc2ncnc(N3CC(O)(C(C)C)C3)c12. The average molecular weight is 264 g/mol. The van der Waals surface area contributed by atoms with Crippen LogP contribution in [0, 0.1) is 12.8 Å². The number of aryl methyl sites for hydroxylation is 1. The maximum absolute atomic E-state index is 10.3. The van der Waals surface area contributed by atoms with Crippen LogP contribution in [-0.2, 0) is 0 Å². The number of hydrogen-bond donors (Lipinski definition) is 1. The third kappa shape index (κ3) is 1.59. The summed E-state index contributed by atoms with van der Waals surface area (Å²) in [5.41, 5.74) is 0.375. The number of hydrogen-bond acceptors (Lipinski definition) is 6. The van der Waals surface area contributed by atoms with E-state index >= 15 is 0 Å². The van der Waals surface area contributed by atoms with Gasteiger partial charge in [-0.1, -0.05) is 13.8 Å². The molecule has 1 N–H and O–H groups in total. The van der Waals surface area contributed by atoms with Gasteiger partial charge in [0.15, 0.2) is 0 Å². The Labute approximate surface area is 110 Å². The van der Waals surface area contributed by atoms with Crippen molar-refractivity contribution in [3.8, 4) is 0 Å². The minimum atomic E-state index is -0.589. The number of rotatable bonds is 2. The highest BCUT2D eigenvalue weighted by Crippen LogP contribution is 2.36. The van der Waals surface area contributed by atoms with Crippen LogP contribution in [0.5, 0.6) is 0 Å². The largest absolute Gasteiger partial charge is 0.386 e. The molecule has 0 atom stereocenters. The quantitative estimate of drug-likeness (QED) is 0.892. The van der Waals surface area contributed by atoms with Crippen molar-refractivity contribution in [2.75, 3.05) is 18.0 Å². The Hall–Kier alpha value is -1.27. The summed E-state index contributed by atoms with van der Waals surface area (Å²) in [4.78, 5) is 11.6. The molecule has 1 fully saturated rings. The number of fused-ring (bicyclic) bond motifs is 1. The molecule has 0 aromatic carbocycles. The maximum atomic E-state index is 10.3. The molecular weight excluding hydrogens is 248 g/mol. The van der Waals surface area contributed by atoms with Gasteiger partial charge in [-0.15, -0.1) is 0 Å². The summed E-state index contributed by atoms with van der Waals surface area (Å²) < 4.78 is 4.32. The van der Waals surface area contributed by atoms with Crippen LogP contribution in [0.2, 0.25) is 0 Å². The molecule has 0 radical (unpaired) electrons. The summed E-state index contributed by atoms with van der Waals surface area (Å²) in [5, 5.41) is 11.3. The summed E-state index contributed by atoms with van der Waals surface area (Å²) in [6, 6.07) is 0. The fourth-order valence-corrected chi connectivity index (χ4v) is 3.01. The third-order valence-electron chi connectivity index (χ3n) is 3.73. The first-order valence-corrected chi connectivity index (χ1v) is 6.83. The van der Waals surface area contributed by atoms with E-state index in [1.807, 2.05) is 20.8 Å². The first-order chi connectivity index (χ1) is 8.51. The normalized spacial score (nSPS) is 18.4. The topological polar surface area (TPSA) is 62.1 Å². The van der Waals surface area contributed by atoms with Crippen LogP contribution < -0.4 is 4.90 Å². The number of nitrogens with zero attached hydrogens (tertiary/aromatic N) is 4. The number of aliphatic hydroxyl groups is 1. The molecule has 3 rings (SSSR count). The smallest absolute Gasteiger partial charge is 0.149 e. The molecule has 2 aromatic heterocycles. The van der Waals surface area contributed by atoms with E-state index in [2.05, 4.69) is 19.2 Å². The summed E-state index contributed by atoms with van der Waals surface area (Å²) in [6.07, 6.45) is 1.57. The van der Waals surface area contributed by atoms with Crippen molar-refractivity contribution < 1.29 is 5.11 Å². The van der Waals surface area contributed by atoms with Crippen LogP contribution in [-0.4, -0.2) is 38.1 Å². The molecule has 5 nitrogen and oxygen atoms in total. The first kappa shape index (κ1) is 11.8. The van der Waals surface area contributed by atoms with Gasteiger partial charge in [0.1, 0.15) is 22.6 Å². The van der Waals surface area contributed by atoms with Crippen LogP contribution in [0.3, 0.4) is 0 Å². The Morgan fingerprint density at radius 3 is 2.78 bits per heavy atom. The zero-order valence-corrected chi connectivity index (χ0v) is 11.5. The van der Waals surface area contributed by atoms with E-state index < -0.39 is 5.60 Å². The monoisotopic (exact) mass is 264 g/mol. The Kier molecular flexibility index (Phi) is 2.53. The summed E-state index contributed by atoms with van der Waals surface area (Å²) in [7, 11) is 0. The highest BCUT2D eigenvalue weighted by atomic mass is 32.1. The molecular formula is C12H16N4OS. The van der Waals surface area contributed by atoms with Gasteiger partial charge in [-0.25, -0.2) is 9.97 Å². The van der Waals surface area contributed by atoms with E-state index in [9.17, 15) is 5.11 Å². The number of anilines is 1. The Balaban J connectivity index is 1.96. The van der Waals surface area contributed by atoms with Gasteiger partial charge in [-0.3, -0.25) is 0 Å². The molecule has 0 amide bonds. The Bertz CT molecular complexity index is 589. The van der Waals surface area contributed by atoms with Gasteiger partial charge in [-0.2, -0.15) is 4.37 Å². The predicted octanol–water partition coefficient (Wildman–Crippen LogP) is 1.60. The molecule has 0 aliphatic carbocycles. The van der Waals surface area contributed by atoms with Crippen LogP contribution in [0.1, 0.15) is 19.5 Å². The Morgan fingerprint density at radius 2 is 2.11 bits per heavy atom.